The predicted octanol–water partition coefficient (Wildman–Crippen LogP) is 2.21. The zero-order valence-corrected chi connectivity index (χ0v) is 9.84. The average molecular weight is 229 g/mol. The summed E-state index contributed by atoms with van der Waals surface area (Å²) in [6.07, 6.45) is 6.77. The fourth-order valence-corrected chi connectivity index (χ4v) is 1.73. The molecule has 0 aliphatic carbocycles. The lowest BCUT2D eigenvalue weighted by molar-refractivity contribution is 0.337. The first-order valence-corrected chi connectivity index (χ1v) is 5.34. The standard InChI is InChI=1S/C11H17ClN2O/c1-3-8-6-10(12)9(4-5-15-2)11(13)14-7-8/h4-5,7,11,14H,3,6,13H2,1-2H3/b5-4+. The van der Waals surface area contributed by atoms with Gasteiger partial charge in [-0.2, -0.15) is 0 Å². The van der Waals surface area contributed by atoms with Crippen molar-refractivity contribution < 1.29 is 4.74 Å². The monoisotopic (exact) mass is 228 g/mol. The molecule has 1 heterocycles. The van der Waals surface area contributed by atoms with Gasteiger partial charge >= 0.3 is 0 Å². The molecule has 0 saturated carbocycles. The van der Waals surface area contributed by atoms with Gasteiger partial charge in [0, 0.05) is 17.0 Å². The van der Waals surface area contributed by atoms with Crippen molar-refractivity contribution in [3.05, 3.63) is 34.7 Å². The molecular weight excluding hydrogens is 212 g/mol. The molecule has 0 aromatic heterocycles. The van der Waals surface area contributed by atoms with Crippen LogP contribution in [0.25, 0.3) is 0 Å². The highest BCUT2D eigenvalue weighted by Crippen LogP contribution is 2.25. The molecule has 3 N–H and O–H groups in total. The van der Waals surface area contributed by atoms with E-state index in [9.17, 15) is 0 Å². The lowest BCUT2D eigenvalue weighted by Gasteiger charge is -2.12. The van der Waals surface area contributed by atoms with Crippen molar-refractivity contribution in [2.45, 2.75) is 25.9 Å². The normalized spacial score (nSPS) is 22.4. The first-order chi connectivity index (χ1) is 7.19. The fourth-order valence-electron chi connectivity index (χ4n) is 1.38. The molecule has 3 nitrogen and oxygen atoms in total. The third-order valence-corrected chi connectivity index (χ3v) is 2.69. The Hall–Kier alpha value is -0.930. The smallest absolute Gasteiger partial charge is 0.101 e. The van der Waals surface area contributed by atoms with E-state index >= 15 is 0 Å². The third-order valence-electron chi connectivity index (χ3n) is 2.34. The molecule has 1 unspecified atom stereocenters. The molecule has 1 atom stereocenters. The van der Waals surface area contributed by atoms with Gasteiger partial charge in [0.1, 0.15) is 6.17 Å². The highest BCUT2D eigenvalue weighted by Gasteiger charge is 2.14. The lowest BCUT2D eigenvalue weighted by Crippen LogP contribution is -2.35. The zero-order chi connectivity index (χ0) is 11.3. The van der Waals surface area contributed by atoms with Crippen molar-refractivity contribution in [2.75, 3.05) is 7.11 Å². The second-order valence-corrected chi connectivity index (χ2v) is 3.83. The summed E-state index contributed by atoms with van der Waals surface area (Å²) in [4.78, 5) is 0. The van der Waals surface area contributed by atoms with E-state index in [1.54, 1.807) is 19.4 Å². The molecule has 0 saturated heterocycles. The van der Waals surface area contributed by atoms with Crippen LogP contribution in [0.4, 0.5) is 0 Å². The van der Waals surface area contributed by atoms with Gasteiger partial charge in [-0.1, -0.05) is 18.5 Å². The van der Waals surface area contributed by atoms with Crippen LogP contribution in [-0.2, 0) is 4.74 Å². The molecule has 0 bridgehead atoms. The maximum atomic E-state index is 6.20. The molecule has 1 aliphatic heterocycles. The average Bonchev–Trinajstić information content (AvgIpc) is 2.36. The minimum atomic E-state index is -0.270. The first kappa shape index (κ1) is 12.1. The molecule has 0 aromatic carbocycles. The molecule has 0 aromatic rings. The van der Waals surface area contributed by atoms with Gasteiger partial charge in [-0.25, -0.2) is 0 Å². The SMILES string of the molecule is CCC1=CNC(N)C(/C=C/OC)=C(Cl)C1. The number of rotatable bonds is 3. The molecule has 15 heavy (non-hydrogen) atoms. The van der Waals surface area contributed by atoms with Gasteiger partial charge in [0.15, 0.2) is 0 Å². The summed E-state index contributed by atoms with van der Waals surface area (Å²) < 4.78 is 4.86. The van der Waals surface area contributed by atoms with E-state index in [0.29, 0.717) is 0 Å². The minimum Gasteiger partial charge on any atom is -0.504 e. The fraction of sp³-hybridized carbons (Fsp3) is 0.455. The number of methoxy groups -OCH3 is 1. The molecular formula is C11H17ClN2O. The van der Waals surface area contributed by atoms with E-state index in [2.05, 4.69) is 12.2 Å². The number of hydrogen-bond donors (Lipinski definition) is 2. The Morgan fingerprint density at radius 1 is 1.73 bits per heavy atom. The summed E-state index contributed by atoms with van der Waals surface area (Å²) in [5.74, 6) is 0. The van der Waals surface area contributed by atoms with Gasteiger partial charge in [0.2, 0.25) is 0 Å². The van der Waals surface area contributed by atoms with E-state index in [0.717, 1.165) is 23.4 Å². The zero-order valence-electron chi connectivity index (χ0n) is 9.09. The number of halogens is 1. The second-order valence-electron chi connectivity index (χ2n) is 3.38. The molecule has 84 valence electrons. The van der Waals surface area contributed by atoms with Crippen LogP contribution in [-0.4, -0.2) is 13.3 Å². The van der Waals surface area contributed by atoms with Crippen molar-refractivity contribution in [3.8, 4) is 0 Å². The van der Waals surface area contributed by atoms with Crippen LogP contribution >= 0.6 is 11.6 Å². The topological polar surface area (TPSA) is 47.3 Å². The Labute approximate surface area is 95.6 Å². The highest BCUT2D eigenvalue weighted by molar-refractivity contribution is 6.30. The third kappa shape index (κ3) is 3.29. The van der Waals surface area contributed by atoms with Gasteiger partial charge in [0.05, 0.1) is 13.4 Å². The molecule has 0 radical (unpaired) electrons. The van der Waals surface area contributed by atoms with E-state index in [4.69, 9.17) is 22.1 Å². The first-order valence-electron chi connectivity index (χ1n) is 4.96. The highest BCUT2D eigenvalue weighted by atomic mass is 35.5. The number of allylic oxidation sites excluding steroid dienone is 2. The number of nitrogens with one attached hydrogen (secondary N) is 1. The summed E-state index contributed by atoms with van der Waals surface area (Å²) in [6.45, 7) is 2.10. The van der Waals surface area contributed by atoms with Gasteiger partial charge < -0.3 is 15.8 Å². The Bertz CT molecular complexity index is 308. The Kier molecular flexibility index (Phi) is 4.72. The van der Waals surface area contributed by atoms with E-state index < -0.39 is 0 Å². The van der Waals surface area contributed by atoms with E-state index in [1.165, 1.54) is 5.57 Å². The van der Waals surface area contributed by atoms with Crippen LogP contribution in [0.15, 0.2) is 34.7 Å². The molecule has 1 rings (SSSR count). The van der Waals surface area contributed by atoms with Crippen molar-refractivity contribution in [1.82, 2.24) is 5.32 Å². The number of nitrogens with two attached hydrogens (primary N) is 1. The predicted molar refractivity (Wildman–Crippen MR) is 63.1 cm³/mol. The summed E-state index contributed by atoms with van der Waals surface area (Å²) in [5, 5.41) is 3.87. The van der Waals surface area contributed by atoms with Crippen molar-refractivity contribution in [3.63, 3.8) is 0 Å². The minimum absolute atomic E-state index is 0.270. The number of ether oxygens (including phenoxy) is 1. The summed E-state index contributed by atoms with van der Waals surface area (Å²) in [6, 6.07) is 0. The number of hydrogen-bond acceptors (Lipinski definition) is 3. The Balaban J connectivity index is 2.89. The van der Waals surface area contributed by atoms with Gasteiger partial charge in [-0.05, 0) is 24.3 Å². The van der Waals surface area contributed by atoms with Crippen LogP contribution in [0.2, 0.25) is 0 Å². The van der Waals surface area contributed by atoms with Gasteiger partial charge in [0.25, 0.3) is 0 Å². The maximum Gasteiger partial charge on any atom is 0.101 e. The van der Waals surface area contributed by atoms with Crippen LogP contribution < -0.4 is 11.1 Å². The summed E-state index contributed by atoms with van der Waals surface area (Å²) in [7, 11) is 1.59. The molecule has 0 amide bonds. The lowest BCUT2D eigenvalue weighted by atomic mass is 10.1. The van der Waals surface area contributed by atoms with Gasteiger partial charge in [-0.3, -0.25) is 0 Å². The Morgan fingerprint density at radius 2 is 2.47 bits per heavy atom. The van der Waals surface area contributed by atoms with E-state index in [1.807, 2.05) is 6.20 Å². The van der Waals surface area contributed by atoms with Crippen LogP contribution in [0, 0.1) is 0 Å². The largest absolute Gasteiger partial charge is 0.504 e. The van der Waals surface area contributed by atoms with E-state index in [-0.39, 0.29) is 6.17 Å². The summed E-state index contributed by atoms with van der Waals surface area (Å²) in [5.41, 5.74) is 8.04. The maximum absolute atomic E-state index is 6.20. The Morgan fingerprint density at radius 3 is 3.07 bits per heavy atom. The van der Waals surface area contributed by atoms with Gasteiger partial charge in [-0.15, -0.1) is 0 Å². The second kappa shape index (κ2) is 5.83. The van der Waals surface area contributed by atoms with Crippen LogP contribution in [0.1, 0.15) is 19.8 Å². The summed E-state index contributed by atoms with van der Waals surface area (Å²) >= 11 is 6.20. The van der Waals surface area contributed by atoms with Crippen LogP contribution in [0.3, 0.4) is 0 Å². The van der Waals surface area contributed by atoms with Crippen molar-refractivity contribution >= 4 is 11.6 Å². The van der Waals surface area contributed by atoms with Crippen molar-refractivity contribution in [1.29, 1.82) is 0 Å². The molecule has 4 heteroatoms. The van der Waals surface area contributed by atoms with Crippen LogP contribution in [0.5, 0.6) is 0 Å². The molecule has 0 fully saturated rings. The molecule has 0 spiro atoms. The molecule has 1 aliphatic rings. The van der Waals surface area contributed by atoms with Crippen molar-refractivity contribution in [2.24, 2.45) is 5.73 Å². The quantitative estimate of drug-likeness (QED) is 0.729.